The van der Waals surface area contributed by atoms with Crippen LogP contribution in [0, 0.1) is 0 Å². The fourth-order valence-corrected chi connectivity index (χ4v) is 2.81. The van der Waals surface area contributed by atoms with Crippen LogP contribution in [0.25, 0.3) is 0 Å². The maximum atomic E-state index is 11.3. The van der Waals surface area contributed by atoms with Crippen LogP contribution >= 0.6 is 11.6 Å². The van der Waals surface area contributed by atoms with E-state index in [4.69, 9.17) is 11.6 Å². The summed E-state index contributed by atoms with van der Waals surface area (Å²) in [6.07, 6.45) is 5.08. The quantitative estimate of drug-likeness (QED) is 0.759. The zero-order chi connectivity index (χ0) is 12.4. The van der Waals surface area contributed by atoms with E-state index in [9.17, 15) is 4.79 Å². The monoisotopic (exact) mass is 251 g/mol. The SMILES string of the molecule is CC(=O)c1ccc(N(C)C2CCCC2)c(Cl)c1. The first-order valence-electron chi connectivity index (χ1n) is 6.13. The predicted molar refractivity (Wildman–Crippen MR) is 72.1 cm³/mol. The third-order valence-electron chi connectivity index (χ3n) is 3.61. The van der Waals surface area contributed by atoms with E-state index in [0.29, 0.717) is 16.6 Å². The molecule has 0 unspecified atom stereocenters. The normalized spacial score (nSPS) is 16.2. The second-order valence-corrected chi connectivity index (χ2v) is 5.18. The summed E-state index contributed by atoms with van der Waals surface area (Å²) in [6, 6.07) is 6.17. The highest BCUT2D eigenvalue weighted by atomic mass is 35.5. The summed E-state index contributed by atoms with van der Waals surface area (Å²) in [5, 5.41) is 0.673. The van der Waals surface area contributed by atoms with Gasteiger partial charge in [0.2, 0.25) is 0 Å². The summed E-state index contributed by atoms with van der Waals surface area (Å²) < 4.78 is 0. The van der Waals surface area contributed by atoms with Gasteiger partial charge in [-0.15, -0.1) is 0 Å². The lowest BCUT2D eigenvalue weighted by atomic mass is 10.1. The van der Waals surface area contributed by atoms with Crippen molar-refractivity contribution in [1.82, 2.24) is 0 Å². The molecule has 0 spiro atoms. The number of nitrogens with zero attached hydrogens (tertiary/aromatic N) is 1. The summed E-state index contributed by atoms with van der Waals surface area (Å²) in [6.45, 7) is 1.56. The molecule has 3 heteroatoms. The molecule has 0 aliphatic heterocycles. The van der Waals surface area contributed by atoms with Gasteiger partial charge in [-0.3, -0.25) is 4.79 Å². The predicted octanol–water partition coefficient (Wildman–Crippen LogP) is 3.92. The molecule has 2 nitrogen and oxygen atoms in total. The molecule has 1 aromatic carbocycles. The van der Waals surface area contributed by atoms with Gasteiger partial charge in [-0.05, 0) is 38.0 Å². The van der Waals surface area contributed by atoms with Crippen LogP contribution in [0.1, 0.15) is 43.0 Å². The summed E-state index contributed by atoms with van der Waals surface area (Å²) in [7, 11) is 2.09. The van der Waals surface area contributed by atoms with Crippen molar-refractivity contribution in [3.63, 3.8) is 0 Å². The van der Waals surface area contributed by atoms with Crippen molar-refractivity contribution >= 4 is 23.1 Å². The average Bonchev–Trinajstić information content (AvgIpc) is 2.81. The Balaban J connectivity index is 2.23. The Labute approximate surface area is 108 Å². The third kappa shape index (κ3) is 2.63. The molecule has 0 aromatic heterocycles. The minimum Gasteiger partial charge on any atom is -0.370 e. The molecule has 92 valence electrons. The molecule has 0 saturated heterocycles. The molecule has 0 N–H and O–H groups in total. The van der Waals surface area contributed by atoms with Crippen LogP contribution < -0.4 is 4.90 Å². The first-order chi connectivity index (χ1) is 8.09. The Morgan fingerprint density at radius 2 is 2.00 bits per heavy atom. The molecule has 1 saturated carbocycles. The first-order valence-corrected chi connectivity index (χ1v) is 6.50. The molecule has 0 bridgehead atoms. The van der Waals surface area contributed by atoms with Gasteiger partial charge in [0.25, 0.3) is 0 Å². The number of carbonyl (C=O) groups is 1. The van der Waals surface area contributed by atoms with Crippen LogP contribution in [0.5, 0.6) is 0 Å². The highest BCUT2D eigenvalue weighted by Gasteiger charge is 2.21. The van der Waals surface area contributed by atoms with Crippen molar-refractivity contribution in [3.8, 4) is 0 Å². The highest BCUT2D eigenvalue weighted by molar-refractivity contribution is 6.33. The molecule has 0 radical (unpaired) electrons. The molecule has 1 aromatic rings. The van der Waals surface area contributed by atoms with Gasteiger partial charge in [0.15, 0.2) is 5.78 Å². The number of Topliss-reactive ketones (excluding diaryl/α,β-unsaturated/α-hetero) is 1. The first kappa shape index (κ1) is 12.4. The van der Waals surface area contributed by atoms with Crippen molar-refractivity contribution < 1.29 is 4.79 Å². The molecule has 0 atom stereocenters. The molecule has 0 heterocycles. The van der Waals surface area contributed by atoms with Crippen molar-refractivity contribution in [2.75, 3.05) is 11.9 Å². The Kier molecular flexibility index (Phi) is 3.72. The molecular weight excluding hydrogens is 234 g/mol. The van der Waals surface area contributed by atoms with Crippen LogP contribution in [0.15, 0.2) is 18.2 Å². The fraction of sp³-hybridized carbons (Fsp3) is 0.500. The lowest BCUT2D eigenvalue weighted by Gasteiger charge is -2.27. The van der Waals surface area contributed by atoms with Gasteiger partial charge in [-0.25, -0.2) is 0 Å². The molecule has 1 aliphatic rings. The number of halogens is 1. The Morgan fingerprint density at radius 1 is 1.35 bits per heavy atom. The summed E-state index contributed by atoms with van der Waals surface area (Å²) in [4.78, 5) is 13.5. The van der Waals surface area contributed by atoms with Gasteiger partial charge >= 0.3 is 0 Å². The van der Waals surface area contributed by atoms with Gasteiger partial charge in [-0.1, -0.05) is 24.4 Å². The number of hydrogen-bond donors (Lipinski definition) is 0. The molecular formula is C14H18ClNO. The van der Waals surface area contributed by atoms with Gasteiger partial charge in [0, 0.05) is 18.7 Å². The van der Waals surface area contributed by atoms with E-state index in [1.807, 2.05) is 12.1 Å². The van der Waals surface area contributed by atoms with Gasteiger partial charge < -0.3 is 4.90 Å². The topological polar surface area (TPSA) is 20.3 Å². The lowest BCUT2D eigenvalue weighted by Crippen LogP contribution is -2.29. The van der Waals surface area contributed by atoms with Crippen molar-refractivity contribution in [3.05, 3.63) is 28.8 Å². The van der Waals surface area contributed by atoms with E-state index in [2.05, 4.69) is 11.9 Å². The fourth-order valence-electron chi connectivity index (χ4n) is 2.50. The van der Waals surface area contributed by atoms with E-state index in [-0.39, 0.29) is 5.78 Å². The lowest BCUT2D eigenvalue weighted by molar-refractivity contribution is 0.101. The van der Waals surface area contributed by atoms with Crippen molar-refractivity contribution in [1.29, 1.82) is 0 Å². The zero-order valence-electron chi connectivity index (χ0n) is 10.4. The molecule has 1 aliphatic carbocycles. The summed E-state index contributed by atoms with van der Waals surface area (Å²) in [5.74, 6) is 0.0574. The van der Waals surface area contributed by atoms with Crippen LogP contribution in [0.4, 0.5) is 5.69 Å². The number of benzene rings is 1. The van der Waals surface area contributed by atoms with Crippen LogP contribution in [0.3, 0.4) is 0 Å². The number of carbonyl (C=O) groups excluding carboxylic acids is 1. The van der Waals surface area contributed by atoms with Crippen LogP contribution in [0.2, 0.25) is 5.02 Å². The Bertz CT molecular complexity index is 424. The van der Waals surface area contributed by atoms with E-state index in [1.165, 1.54) is 25.7 Å². The average molecular weight is 252 g/mol. The number of anilines is 1. The zero-order valence-corrected chi connectivity index (χ0v) is 11.1. The third-order valence-corrected chi connectivity index (χ3v) is 3.91. The molecule has 17 heavy (non-hydrogen) atoms. The van der Waals surface area contributed by atoms with E-state index in [1.54, 1.807) is 13.0 Å². The number of rotatable bonds is 3. The summed E-state index contributed by atoms with van der Waals surface area (Å²) in [5.41, 5.74) is 1.71. The van der Waals surface area contributed by atoms with Crippen LogP contribution in [-0.2, 0) is 0 Å². The van der Waals surface area contributed by atoms with E-state index < -0.39 is 0 Å². The Hall–Kier alpha value is -1.02. The van der Waals surface area contributed by atoms with E-state index in [0.717, 1.165) is 5.69 Å². The number of hydrogen-bond acceptors (Lipinski definition) is 2. The smallest absolute Gasteiger partial charge is 0.159 e. The Morgan fingerprint density at radius 3 is 2.53 bits per heavy atom. The molecule has 1 fully saturated rings. The second-order valence-electron chi connectivity index (χ2n) is 4.77. The summed E-state index contributed by atoms with van der Waals surface area (Å²) >= 11 is 6.25. The largest absolute Gasteiger partial charge is 0.370 e. The van der Waals surface area contributed by atoms with Gasteiger partial charge in [0.1, 0.15) is 0 Å². The second kappa shape index (κ2) is 5.09. The highest BCUT2D eigenvalue weighted by Crippen LogP contribution is 2.32. The minimum absolute atomic E-state index is 0.0574. The minimum atomic E-state index is 0.0574. The van der Waals surface area contributed by atoms with Gasteiger partial charge in [0.05, 0.1) is 10.7 Å². The maximum Gasteiger partial charge on any atom is 0.159 e. The molecule has 2 rings (SSSR count). The van der Waals surface area contributed by atoms with Crippen LogP contribution in [-0.4, -0.2) is 18.9 Å². The maximum absolute atomic E-state index is 11.3. The number of ketones is 1. The van der Waals surface area contributed by atoms with Crippen molar-refractivity contribution in [2.45, 2.75) is 38.6 Å². The van der Waals surface area contributed by atoms with Gasteiger partial charge in [-0.2, -0.15) is 0 Å². The standard InChI is InChI=1S/C14H18ClNO/c1-10(17)11-7-8-14(13(15)9-11)16(2)12-5-3-4-6-12/h7-9,12H,3-6H2,1-2H3. The molecule has 0 amide bonds. The van der Waals surface area contributed by atoms with E-state index >= 15 is 0 Å². The van der Waals surface area contributed by atoms with Crippen molar-refractivity contribution in [2.24, 2.45) is 0 Å².